The highest BCUT2D eigenvalue weighted by atomic mass is 16.5. The van der Waals surface area contributed by atoms with Gasteiger partial charge in [-0.25, -0.2) is 9.98 Å². The molecule has 6 heteroatoms. The van der Waals surface area contributed by atoms with E-state index < -0.39 is 0 Å². The minimum absolute atomic E-state index is 0.128. The lowest BCUT2D eigenvalue weighted by atomic mass is 10.1. The number of ether oxygens (including phenoxy) is 2. The second-order valence-corrected chi connectivity index (χ2v) is 6.62. The molecule has 0 radical (unpaired) electrons. The number of nitrogens with zero attached hydrogens (tertiary/aromatic N) is 2. The highest BCUT2D eigenvalue weighted by Gasteiger charge is 2.08. The highest BCUT2D eigenvalue weighted by molar-refractivity contribution is 5.92. The molecular formula is C20H28N4O2. The molecule has 2 rings (SSSR count). The maximum atomic E-state index is 5.96. The molecule has 0 saturated carbocycles. The maximum Gasteiger partial charge on any atom is 0.213 e. The van der Waals surface area contributed by atoms with Crippen LogP contribution in [0.15, 0.2) is 47.6 Å². The standard InChI is InChI=1S/C20H28N4O2/c1-14(2)11-15(3)26-19-12-16(9-10-22-19)13-23-20(21)24-17-5-7-18(25-4)8-6-17/h5-10,12,14-15H,11,13H2,1-4H3,(H3,21,23,24). The van der Waals surface area contributed by atoms with E-state index in [2.05, 4.69) is 36.1 Å². The Morgan fingerprint density at radius 1 is 1.19 bits per heavy atom. The van der Waals surface area contributed by atoms with Gasteiger partial charge in [-0.15, -0.1) is 0 Å². The molecule has 2 aromatic rings. The third kappa shape index (κ3) is 6.63. The van der Waals surface area contributed by atoms with Gasteiger partial charge in [0.1, 0.15) is 5.75 Å². The molecule has 0 fully saturated rings. The summed E-state index contributed by atoms with van der Waals surface area (Å²) in [6.45, 7) is 6.86. The normalized spacial score (nSPS) is 12.7. The van der Waals surface area contributed by atoms with Gasteiger partial charge in [0, 0.05) is 18.0 Å². The fourth-order valence-electron chi connectivity index (χ4n) is 2.57. The van der Waals surface area contributed by atoms with Crippen LogP contribution in [0.1, 0.15) is 32.8 Å². The average Bonchev–Trinajstić information content (AvgIpc) is 2.60. The number of guanidine groups is 1. The number of hydrogen-bond donors (Lipinski definition) is 2. The zero-order valence-electron chi connectivity index (χ0n) is 15.9. The van der Waals surface area contributed by atoms with E-state index in [-0.39, 0.29) is 6.10 Å². The maximum absolute atomic E-state index is 5.96. The van der Waals surface area contributed by atoms with Crippen molar-refractivity contribution in [3.8, 4) is 11.6 Å². The van der Waals surface area contributed by atoms with Crippen molar-refractivity contribution in [2.45, 2.75) is 39.8 Å². The first kappa shape index (κ1) is 19.6. The first-order valence-electron chi connectivity index (χ1n) is 8.79. The van der Waals surface area contributed by atoms with Gasteiger partial charge in [0.15, 0.2) is 5.96 Å². The summed E-state index contributed by atoms with van der Waals surface area (Å²) in [6, 6.07) is 11.3. The van der Waals surface area contributed by atoms with Crippen molar-refractivity contribution in [2.24, 2.45) is 16.6 Å². The summed E-state index contributed by atoms with van der Waals surface area (Å²) in [4.78, 5) is 8.64. The zero-order chi connectivity index (χ0) is 18.9. The van der Waals surface area contributed by atoms with E-state index in [1.807, 2.05) is 36.4 Å². The van der Waals surface area contributed by atoms with Crippen LogP contribution in [0.5, 0.6) is 11.6 Å². The van der Waals surface area contributed by atoms with Gasteiger partial charge in [0.2, 0.25) is 5.88 Å². The van der Waals surface area contributed by atoms with Crippen LogP contribution in [0.2, 0.25) is 0 Å². The summed E-state index contributed by atoms with van der Waals surface area (Å²) in [5.74, 6) is 2.35. The first-order chi connectivity index (χ1) is 12.5. The molecule has 0 aliphatic rings. The van der Waals surface area contributed by atoms with Crippen molar-refractivity contribution in [2.75, 3.05) is 12.4 Å². The Balaban J connectivity index is 1.92. The van der Waals surface area contributed by atoms with E-state index in [9.17, 15) is 0 Å². The fraction of sp³-hybridized carbons (Fsp3) is 0.400. The summed E-state index contributed by atoms with van der Waals surface area (Å²) in [6.07, 6.45) is 2.85. The van der Waals surface area contributed by atoms with Crippen LogP contribution in [-0.2, 0) is 6.54 Å². The Morgan fingerprint density at radius 3 is 2.58 bits per heavy atom. The van der Waals surface area contributed by atoms with Crippen LogP contribution < -0.4 is 20.5 Å². The smallest absolute Gasteiger partial charge is 0.213 e. The summed E-state index contributed by atoms with van der Waals surface area (Å²) >= 11 is 0. The number of rotatable bonds is 8. The number of pyridine rings is 1. The number of aliphatic imine (C=N–C) groups is 1. The highest BCUT2D eigenvalue weighted by Crippen LogP contribution is 2.16. The van der Waals surface area contributed by atoms with Crippen molar-refractivity contribution in [1.29, 1.82) is 0 Å². The topological polar surface area (TPSA) is 81.8 Å². The second-order valence-electron chi connectivity index (χ2n) is 6.62. The van der Waals surface area contributed by atoms with Gasteiger partial charge in [0.25, 0.3) is 0 Å². The Hall–Kier alpha value is -2.76. The van der Waals surface area contributed by atoms with Crippen LogP contribution >= 0.6 is 0 Å². The van der Waals surface area contributed by atoms with Crippen LogP contribution in [0.3, 0.4) is 0 Å². The molecule has 0 spiro atoms. The Labute approximate surface area is 155 Å². The summed E-state index contributed by atoms with van der Waals surface area (Å²) < 4.78 is 11.0. The lowest BCUT2D eigenvalue weighted by molar-refractivity contribution is 0.185. The monoisotopic (exact) mass is 356 g/mol. The van der Waals surface area contributed by atoms with Gasteiger partial charge in [-0.2, -0.15) is 0 Å². The Bertz CT molecular complexity index is 714. The van der Waals surface area contributed by atoms with Crippen LogP contribution in [0.4, 0.5) is 5.69 Å². The summed E-state index contributed by atoms with van der Waals surface area (Å²) in [7, 11) is 1.63. The average molecular weight is 356 g/mol. The van der Waals surface area contributed by atoms with E-state index in [1.165, 1.54) is 0 Å². The quantitative estimate of drug-likeness (QED) is 0.555. The van der Waals surface area contributed by atoms with Crippen molar-refractivity contribution in [3.05, 3.63) is 48.2 Å². The predicted octanol–water partition coefficient (Wildman–Crippen LogP) is 3.83. The van der Waals surface area contributed by atoms with Gasteiger partial charge in [0.05, 0.1) is 19.8 Å². The molecule has 0 aliphatic heterocycles. The molecule has 140 valence electrons. The molecule has 1 aromatic carbocycles. The van der Waals surface area contributed by atoms with E-state index in [4.69, 9.17) is 15.2 Å². The molecular weight excluding hydrogens is 328 g/mol. The predicted molar refractivity (Wildman–Crippen MR) is 106 cm³/mol. The lowest BCUT2D eigenvalue weighted by Crippen LogP contribution is -2.22. The minimum atomic E-state index is 0.128. The van der Waals surface area contributed by atoms with Crippen LogP contribution in [0.25, 0.3) is 0 Å². The molecule has 26 heavy (non-hydrogen) atoms. The molecule has 1 atom stereocenters. The molecule has 0 bridgehead atoms. The van der Waals surface area contributed by atoms with Crippen LogP contribution in [0, 0.1) is 5.92 Å². The fourth-order valence-corrected chi connectivity index (χ4v) is 2.57. The molecule has 0 saturated heterocycles. The van der Waals surface area contributed by atoms with Crippen LogP contribution in [-0.4, -0.2) is 24.2 Å². The minimum Gasteiger partial charge on any atom is -0.497 e. The first-order valence-corrected chi connectivity index (χ1v) is 8.79. The van der Waals surface area contributed by atoms with Gasteiger partial charge in [-0.05, 0) is 55.2 Å². The van der Waals surface area contributed by atoms with Crippen molar-refractivity contribution >= 4 is 11.6 Å². The van der Waals surface area contributed by atoms with E-state index in [1.54, 1.807) is 13.3 Å². The molecule has 6 nitrogen and oxygen atoms in total. The molecule has 1 heterocycles. The van der Waals surface area contributed by atoms with Crippen molar-refractivity contribution in [3.63, 3.8) is 0 Å². The summed E-state index contributed by atoms with van der Waals surface area (Å²) in [5, 5.41) is 3.06. The molecule has 1 unspecified atom stereocenters. The third-order valence-electron chi connectivity index (χ3n) is 3.72. The molecule has 3 N–H and O–H groups in total. The van der Waals surface area contributed by atoms with E-state index >= 15 is 0 Å². The third-order valence-corrected chi connectivity index (χ3v) is 3.72. The number of nitrogens with two attached hydrogens (primary N) is 1. The lowest BCUT2D eigenvalue weighted by Gasteiger charge is -2.16. The largest absolute Gasteiger partial charge is 0.497 e. The van der Waals surface area contributed by atoms with Gasteiger partial charge in [-0.1, -0.05) is 13.8 Å². The number of aromatic nitrogens is 1. The summed E-state index contributed by atoms with van der Waals surface area (Å²) in [5.41, 5.74) is 7.81. The van der Waals surface area contributed by atoms with Gasteiger partial charge in [-0.3, -0.25) is 0 Å². The number of hydrogen-bond acceptors (Lipinski definition) is 4. The SMILES string of the molecule is COc1ccc(NC(N)=NCc2ccnc(OC(C)CC(C)C)c2)cc1. The molecule has 0 amide bonds. The van der Waals surface area contributed by atoms with Gasteiger partial charge >= 0.3 is 0 Å². The second kappa shape index (κ2) is 9.65. The number of methoxy groups -OCH3 is 1. The van der Waals surface area contributed by atoms with Crippen molar-refractivity contribution in [1.82, 2.24) is 4.98 Å². The Morgan fingerprint density at radius 2 is 1.92 bits per heavy atom. The van der Waals surface area contributed by atoms with E-state index in [0.29, 0.717) is 24.3 Å². The van der Waals surface area contributed by atoms with Gasteiger partial charge < -0.3 is 20.5 Å². The molecule has 0 aliphatic carbocycles. The van der Waals surface area contributed by atoms with E-state index in [0.717, 1.165) is 23.4 Å². The zero-order valence-corrected chi connectivity index (χ0v) is 15.9. The number of benzene rings is 1. The molecule has 1 aromatic heterocycles. The Kier molecular flexibility index (Phi) is 7.26. The van der Waals surface area contributed by atoms with Crippen molar-refractivity contribution < 1.29 is 9.47 Å². The number of nitrogens with one attached hydrogen (secondary N) is 1. The number of anilines is 1.